The summed E-state index contributed by atoms with van der Waals surface area (Å²) in [4.78, 5) is 18.7. The highest BCUT2D eigenvalue weighted by Crippen LogP contribution is 2.62. The topological polar surface area (TPSA) is 60.7 Å². The lowest BCUT2D eigenvalue weighted by Crippen LogP contribution is -2.09. The lowest BCUT2D eigenvalue weighted by atomic mass is 10.1. The van der Waals surface area contributed by atoms with Crippen molar-refractivity contribution in [2.24, 2.45) is 11.8 Å². The smallest absolute Gasteiger partial charge is 0.300 e. The molecule has 0 amide bonds. The number of hydrogen-bond acceptors (Lipinski definition) is 4. The zero-order valence-corrected chi connectivity index (χ0v) is 13.8. The lowest BCUT2D eigenvalue weighted by molar-refractivity contribution is -0.141. The van der Waals surface area contributed by atoms with Crippen LogP contribution in [0.3, 0.4) is 0 Å². The zero-order valence-electron chi connectivity index (χ0n) is 13.8. The molecular weight excluding hydrogens is 333 g/mol. The Morgan fingerprint density at radius 3 is 2.40 bits per heavy atom. The van der Waals surface area contributed by atoms with Gasteiger partial charge in [0.25, 0.3) is 0 Å². The van der Waals surface area contributed by atoms with E-state index in [-0.39, 0.29) is 17.7 Å². The van der Waals surface area contributed by atoms with Gasteiger partial charge in [-0.25, -0.2) is 9.97 Å². The first-order valence-corrected chi connectivity index (χ1v) is 8.26. The van der Waals surface area contributed by atoms with Crippen LogP contribution in [0.5, 0.6) is 0 Å². The Morgan fingerprint density at radius 2 is 1.80 bits per heavy atom. The minimum atomic E-state index is -4.52. The number of rotatable bonds is 3. The van der Waals surface area contributed by atoms with Crippen molar-refractivity contribution in [2.45, 2.75) is 44.8 Å². The first-order valence-electron chi connectivity index (χ1n) is 8.26. The molecule has 0 radical (unpaired) electrons. The van der Waals surface area contributed by atoms with Crippen LogP contribution in [0.4, 0.5) is 13.2 Å². The molecule has 2 aromatic rings. The Kier molecular flexibility index (Phi) is 3.49. The monoisotopic (exact) mass is 350 g/mol. The molecule has 25 heavy (non-hydrogen) atoms. The molecule has 4 rings (SSSR count). The molecule has 0 saturated heterocycles. The molecule has 2 fully saturated rings. The average Bonchev–Trinajstić information content (AvgIpc) is 2.90. The second-order valence-corrected chi connectivity index (χ2v) is 7.08. The fraction of sp³-hybridized carbons (Fsp3) is 0.529. The van der Waals surface area contributed by atoms with E-state index >= 15 is 0 Å². The van der Waals surface area contributed by atoms with Crippen LogP contribution in [0, 0.1) is 11.8 Å². The van der Waals surface area contributed by atoms with E-state index in [1.165, 1.54) is 0 Å². The summed E-state index contributed by atoms with van der Waals surface area (Å²) in [6.07, 6.45) is -2.41. The summed E-state index contributed by atoms with van der Waals surface area (Å²) in [7, 11) is 0. The van der Waals surface area contributed by atoms with Crippen molar-refractivity contribution in [3.63, 3.8) is 0 Å². The van der Waals surface area contributed by atoms with Crippen LogP contribution in [0.1, 0.15) is 50.0 Å². The third kappa shape index (κ3) is 2.73. The number of halogens is 3. The van der Waals surface area contributed by atoms with Gasteiger partial charge in [-0.3, -0.25) is 9.48 Å². The van der Waals surface area contributed by atoms with Crippen molar-refractivity contribution in [1.82, 2.24) is 19.7 Å². The van der Waals surface area contributed by atoms with E-state index in [1.54, 1.807) is 0 Å². The molecule has 2 aliphatic carbocycles. The summed E-state index contributed by atoms with van der Waals surface area (Å²) < 4.78 is 40.5. The second kappa shape index (κ2) is 5.37. The maximum atomic E-state index is 12.9. The van der Waals surface area contributed by atoms with E-state index in [4.69, 9.17) is 0 Å². The quantitative estimate of drug-likeness (QED) is 0.848. The van der Waals surface area contributed by atoms with Gasteiger partial charge in [0, 0.05) is 30.5 Å². The maximum Gasteiger partial charge on any atom is 0.433 e. The Labute approximate surface area is 142 Å². The van der Waals surface area contributed by atoms with Gasteiger partial charge < -0.3 is 0 Å². The molecule has 3 atom stereocenters. The van der Waals surface area contributed by atoms with E-state index in [1.807, 2.05) is 24.6 Å². The van der Waals surface area contributed by atoms with Crippen LogP contribution in [-0.4, -0.2) is 25.5 Å². The molecule has 1 unspecified atom stereocenters. The summed E-state index contributed by atoms with van der Waals surface area (Å²) in [6, 6.07) is 2.81. The number of Topliss-reactive ketones (excluding diaryl/α,β-unsaturated/α-hetero) is 1. The molecule has 0 spiro atoms. The van der Waals surface area contributed by atoms with E-state index in [0.717, 1.165) is 18.1 Å². The molecule has 132 valence electrons. The minimum absolute atomic E-state index is 0.0738. The number of carbonyl (C=O) groups excluding carboxylic acids is 1. The number of alkyl halides is 3. The Balaban J connectivity index is 1.70. The van der Waals surface area contributed by atoms with Crippen molar-refractivity contribution >= 4 is 5.78 Å². The third-order valence-corrected chi connectivity index (χ3v) is 5.07. The molecule has 5 nitrogen and oxygen atoms in total. The van der Waals surface area contributed by atoms with Crippen LogP contribution < -0.4 is 0 Å². The van der Waals surface area contributed by atoms with Gasteiger partial charge in [0.2, 0.25) is 0 Å². The number of hydrogen-bond donors (Lipinski definition) is 0. The van der Waals surface area contributed by atoms with Crippen molar-refractivity contribution in [2.75, 3.05) is 0 Å². The highest BCUT2D eigenvalue weighted by Gasteiger charge is 2.57. The van der Waals surface area contributed by atoms with Gasteiger partial charge in [-0.15, -0.1) is 0 Å². The Hall–Kier alpha value is -2.25. The molecule has 0 aromatic carbocycles. The average molecular weight is 350 g/mol. The third-order valence-electron chi connectivity index (χ3n) is 5.07. The number of nitrogens with zero attached hydrogens (tertiary/aromatic N) is 4. The zero-order chi connectivity index (χ0) is 17.9. The molecule has 2 saturated carbocycles. The van der Waals surface area contributed by atoms with Gasteiger partial charge in [0.05, 0.1) is 5.69 Å². The molecule has 2 heterocycles. The molecule has 0 N–H and O–H groups in total. The molecule has 2 aliphatic rings. The van der Waals surface area contributed by atoms with Gasteiger partial charge >= 0.3 is 6.18 Å². The normalized spacial score (nSPS) is 25.5. The van der Waals surface area contributed by atoms with Crippen LogP contribution in [0.15, 0.2) is 18.5 Å². The fourth-order valence-electron chi connectivity index (χ4n) is 3.90. The number of ketones is 1. The van der Waals surface area contributed by atoms with Gasteiger partial charge in [0.1, 0.15) is 23.5 Å². The Morgan fingerprint density at radius 1 is 1.12 bits per heavy atom. The van der Waals surface area contributed by atoms with E-state index in [2.05, 4.69) is 15.1 Å². The molecular formula is C17H17F3N4O. The van der Waals surface area contributed by atoms with Crippen LogP contribution in [-0.2, 0) is 11.0 Å². The van der Waals surface area contributed by atoms with E-state index in [9.17, 15) is 18.0 Å². The number of aromatic nitrogens is 4. The van der Waals surface area contributed by atoms with Crippen molar-refractivity contribution < 1.29 is 18.0 Å². The number of fused-ring (bicyclic) bond motifs is 1. The first-order chi connectivity index (χ1) is 11.8. The van der Waals surface area contributed by atoms with Crippen LogP contribution in [0.2, 0.25) is 0 Å². The van der Waals surface area contributed by atoms with E-state index < -0.39 is 11.9 Å². The SMILES string of the molecule is CC(C)n1nc(-c2cc(C(F)(F)F)ncn2)cc1C1[C@H]2CC(=O)C[C@@H]12. The second-order valence-electron chi connectivity index (χ2n) is 7.08. The minimum Gasteiger partial charge on any atom is -0.300 e. The Bertz CT molecular complexity index is 829. The molecule has 2 aromatic heterocycles. The van der Waals surface area contributed by atoms with Gasteiger partial charge in [-0.05, 0) is 37.8 Å². The summed E-state index contributed by atoms with van der Waals surface area (Å²) in [5.74, 6) is 1.27. The van der Waals surface area contributed by atoms with Gasteiger partial charge in [-0.1, -0.05) is 0 Å². The van der Waals surface area contributed by atoms with Crippen LogP contribution >= 0.6 is 0 Å². The molecule has 8 heteroatoms. The first kappa shape index (κ1) is 16.2. The molecule has 0 bridgehead atoms. The predicted molar refractivity (Wildman–Crippen MR) is 82.6 cm³/mol. The van der Waals surface area contributed by atoms with Gasteiger partial charge in [-0.2, -0.15) is 18.3 Å². The highest BCUT2D eigenvalue weighted by molar-refractivity contribution is 5.83. The van der Waals surface area contributed by atoms with Crippen molar-refractivity contribution in [3.05, 3.63) is 29.8 Å². The standard InChI is InChI=1S/C17H17F3N4O/c1-8(2)24-14(16-10-3-9(25)4-11(10)16)5-13(23-24)12-6-15(17(18,19)20)22-7-21-12/h5-8,10-11,16H,3-4H2,1-2H3/t10-,11+,16?. The van der Waals surface area contributed by atoms with Crippen LogP contribution in [0.25, 0.3) is 11.4 Å². The fourth-order valence-corrected chi connectivity index (χ4v) is 3.90. The molecule has 0 aliphatic heterocycles. The summed E-state index contributed by atoms with van der Waals surface area (Å²) in [6.45, 7) is 3.95. The predicted octanol–water partition coefficient (Wildman–Crippen LogP) is 3.63. The van der Waals surface area contributed by atoms with Crippen molar-refractivity contribution in [1.29, 1.82) is 0 Å². The van der Waals surface area contributed by atoms with Crippen molar-refractivity contribution in [3.8, 4) is 11.4 Å². The summed E-state index contributed by atoms with van der Waals surface area (Å²) in [5, 5.41) is 4.48. The largest absolute Gasteiger partial charge is 0.433 e. The highest BCUT2D eigenvalue weighted by atomic mass is 19.4. The van der Waals surface area contributed by atoms with E-state index in [0.29, 0.717) is 36.2 Å². The lowest BCUT2D eigenvalue weighted by Gasteiger charge is -2.11. The van der Waals surface area contributed by atoms with Gasteiger partial charge in [0.15, 0.2) is 0 Å². The summed E-state index contributed by atoms with van der Waals surface area (Å²) in [5.41, 5.74) is 0.574. The maximum absolute atomic E-state index is 12.9. The number of carbonyl (C=O) groups is 1. The summed E-state index contributed by atoms with van der Waals surface area (Å²) >= 11 is 0.